The van der Waals surface area contributed by atoms with E-state index in [4.69, 9.17) is 0 Å². The highest BCUT2D eigenvalue weighted by molar-refractivity contribution is 5.32. The van der Waals surface area contributed by atoms with Crippen LogP contribution in [0.3, 0.4) is 0 Å². The maximum Gasteiger partial charge on any atom is 0.0967 e. The van der Waals surface area contributed by atoms with Gasteiger partial charge >= 0.3 is 0 Å². The van der Waals surface area contributed by atoms with E-state index in [2.05, 4.69) is 47.5 Å². The van der Waals surface area contributed by atoms with Crippen LogP contribution in [0.5, 0.6) is 0 Å². The van der Waals surface area contributed by atoms with Crippen molar-refractivity contribution in [1.82, 2.24) is 19.6 Å². The molecule has 0 amide bonds. The second kappa shape index (κ2) is 5.57. The molecule has 0 radical (unpaired) electrons. The van der Waals surface area contributed by atoms with Gasteiger partial charge in [-0.3, -0.25) is 4.68 Å². The summed E-state index contributed by atoms with van der Waals surface area (Å²) >= 11 is 0. The molecule has 3 rings (SSSR count). The normalized spacial score (nSPS) is 12.8. The molecule has 4 heteroatoms. The topological polar surface area (TPSA) is 35.6 Å². The van der Waals surface area contributed by atoms with Crippen molar-refractivity contribution in [2.75, 3.05) is 0 Å². The van der Waals surface area contributed by atoms with Gasteiger partial charge in [0.05, 0.1) is 6.04 Å². The molecule has 2 aromatic heterocycles. The molecule has 3 aromatic rings. The first-order valence-corrected chi connectivity index (χ1v) is 6.56. The van der Waals surface area contributed by atoms with Crippen LogP contribution in [-0.4, -0.2) is 19.6 Å². The summed E-state index contributed by atoms with van der Waals surface area (Å²) in [5.41, 5.74) is 2.45. The first kappa shape index (κ1) is 12.4. The Morgan fingerprint density at radius 1 is 1.00 bits per heavy atom. The molecule has 1 aromatic carbocycles. The Bertz CT molecular complexity index is 664. The van der Waals surface area contributed by atoms with E-state index in [0.29, 0.717) is 0 Å². The van der Waals surface area contributed by atoms with Crippen molar-refractivity contribution in [3.63, 3.8) is 0 Å². The predicted octanol–water partition coefficient (Wildman–Crippen LogP) is 3.15. The number of rotatable bonds is 4. The fraction of sp³-hybridized carbons (Fsp3) is 0.125. The zero-order valence-corrected chi connectivity index (χ0v) is 11.3. The largest absolute Gasteiger partial charge is 0.261 e. The van der Waals surface area contributed by atoms with Gasteiger partial charge in [0, 0.05) is 31.0 Å². The molecule has 0 aliphatic heterocycles. The van der Waals surface area contributed by atoms with Crippen LogP contribution in [0.4, 0.5) is 0 Å². The van der Waals surface area contributed by atoms with Crippen LogP contribution in [0.2, 0.25) is 0 Å². The standard InChI is InChI=1S/C16H16N4/c1-14-4-6-15(7-5-14)16(20-12-3-10-18-20)8-13-19-11-2-9-17-19/h2-13,16H,1H3/b13-8+. The third-order valence-electron chi connectivity index (χ3n) is 3.17. The van der Waals surface area contributed by atoms with Crippen molar-refractivity contribution in [1.29, 1.82) is 0 Å². The minimum atomic E-state index is 0.0646. The van der Waals surface area contributed by atoms with Crippen molar-refractivity contribution in [3.8, 4) is 0 Å². The Hall–Kier alpha value is -2.62. The highest BCUT2D eigenvalue weighted by atomic mass is 15.3. The lowest BCUT2D eigenvalue weighted by Gasteiger charge is -2.14. The van der Waals surface area contributed by atoms with Crippen molar-refractivity contribution in [2.45, 2.75) is 13.0 Å². The zero-order valence-electron chi connectivity index (χ0n) is 11.3. The summed E-state index contributed by atoms with van der Waals surface area (Å²) < 4.78 is 3.72. The molecule has 2 heterocycles. The van der Waals surface area contributed by atoms with E-state index < -0.39 is 0 Å². The van der Waals surface area contributed by atoms with E-state index >= 15 is 0 Å². The van der Waals surface area contributed by atoms with Crippen LogP contribution in [0.15, 0.2) is 67.3 Å². The second-order valence-corrected chi connectivity index (χ2v) is 4.67. The maximum atomic E-state index is 4.35. The Kier molecular flexibility index (Phi) is 3.46. The SMILES string of the molecule is Cc1ccc(C(/C=C/n2cccn2)n2cccn2)cc1. The average Bonchev–Trinajstić information content (AvgIpc) is 3.14. The van der Waals surface area contributed by atoms with Gasteiger partial charge < -0.3 is 0 Å². The number of hydrogen-bond acceptors (Lipinski definition) is 2. The third kappa shape index (κ3) is 2.69. The summed E-state index contributed by atoms with van der Waals surface area (Å²) in [5, 5.41) is 8.53. The van der Waals surface area contributed by atoms with Gasteiger partial charge in [0.2, 0.25) is 0 Å². The first-order chi connectivity index (χ1) is 9.83. The predicted molar refractivity (Wildman–Crippen MR) is 79.1 cm³/mol. The molecule has 100 valence electrons. The first-order valence-electron chi connectivity index (χ1n) is 6.56. The summed E-state index contributed by atoms with van der Waals surface area (Å²) in [7, 11) is 0. The van der Waals surface area contributed by atoms with Crippen LogP contribution in [0.1, 0.15) is 17.2 Å². The molecule has 0 saturated heterocycles. The minimum Gasteiger partial charge on any atom is -0.261 e. The molecule has 0 N–H and O–H groups in total. The fourth-order valence-electron chi connectivity index (χ4n) is 2.10. The summed E-state index contributed by atoms with van der Waals surface area (Å²) in [6.07, 6.45) is 11.5. The molecular weight excluding hydrogens is 248 g/mol. The van der Waals surface area contributed by atoms with E-state index in [1.165, 1.54) is 11.1 Å². The lowest BCUT2D eigenvalue weighted by atomic mass is 10.1. The summed E-state index contributed by atoms with van der Waals surface area (Å²) in [4.78, 5) is 0. The van der Waals surface area contributed by atoms with Gasteiger partial charge in [-0.1, -0.05) is 29.8 Å². The smallest absolute Gasteiger partial charge is 0.0967 e. The highest BCUT2D eigenvalue weighted by Gasteiger charge is 2.10. The molecule has 0 spiro atoms. The molecule has 4 nitrogen and oxygen atoms in total. The van der Waals surface area contributed by atoms with Gasteiger partial charge in [-0.15, -0.1) is 0 Å². The fourth-order valence-corrected chi connectivity index (χ4v) is 2.10. The molecule has 1 atom stereocenters. The summed E-state index contributed by atoms with van der Waals surface area (Å²) in [6, 6.07) is 12.4. The van der Waals surface area contributed by atoms with E-state index in [-0.39, 0.29) is 6.04 Å². The number of hydrogen-bond donors (Lipinski definition) is 0. The molecule has 1 unspecified atom stereocenters. The van der Waals surface area contributed by atoms with Gasteiger partial charge in [0.25, 0.3) is 0 Å². The number of aryl methyl sites for hydroxylation is 1. The molecule has 0 fully saturated rings. The minimum absolute atomic E-state index is 0.0646. The number of allylic oxidation sites excluding steroid dienone is 1. The molecule has 0 aliphatic carbocycles. The van der Waals surface area contributed by atoms with Crippen LogP contribution >= 0.6 is 0 Å². The van der Waals surface area contributed by atoms with Gasteiger partial charge in [0.15, 0.2) is 0 Å². The van der Waals surface area contributed by atoms with Crippen molar-refractivity contribution < 1.29 is 0 Å². The molecular formula is C16H16N4. The number of benzene rings is 1. The molecule has 0 aliphatic rings. The number of nitrogens with zero attached hydrogens (tertiary/aromatic N) is 4. The van der Waals surface area contributed by atoms with Crippen molar-refractivity contribution >= 4 is 6.20 Å². The molecule has 0 bridgehead atoms. The Labute approximate surface area is 118 Å². The number of aromatic nitrogens is 4. The zero-order chi connectivity index (χ0) is 13.8. The maximum absolute atomic E-state index is 4.35. The van der Waals surface area contributed by atoms with Crippen molar-refractivity contribution in [3.05, 3.63) is 78.4 Å². The Morgan fingerprint density at radius 2 is 1.75 bits per heavy atom. The van der Waals surface area contributed by atoms with E-state index in [1.54, 1.807) is 17.1 Å². The highest BCUT2D eigenvalue weighted by Crippen LogP contribution is 2.19. The van der Waals surface area contributed by atoms with E-state index in [1.807, 2.05) is 35.4 Å². The second-order valence-electron chi connectivity index (χ2n) is 4.67. The molecule has 0 saturated carbocycles. The van der Waals surface area contributed by atoms with Crippen molar-refractivity contribution in [2.24, 2.45) is 0 Å². The lowest BCUT2D eigenvalue weighted by Crippen LogP contribution is -2.09. The third-order valence-corrected chi connectivity index (χ3v) is 3.17. The monoisotopic (exact) mass is 264 g/mol. The van der Waals surface area contributed by atoms with Crippen LogP contribution in [0, 0.1) is 6.92 Å². The van der Waals surface area contributed by atoms with Gasteiger partial charge in [-0.2, -0.15) is 10.2 Å². The summed E-state index contributed by atoms with van der Waals surface area (Å²) in [6.45, 7) is 2.09. The van der Waals surface area contributed by atoms with Crippen LogP contribution in [0.25, 0.3) is 6.20 Å². The van der Waals surface area contributed by atoms with E-state index in [9.17, 15) is 0 Å². The Balaban J connectivity index is 1.94. The van der Waals surface area contributed by atoms with Gasteiger partial charge in [-0.05, 0) is 30.7 Å². The quantitative estimate of drug-likeness (QED) is 0.725. The molecule has 20 heavy (non-hydrogen) atoms. The van der Waals surface area contributed by atoms with Crippen LogP contribution in [-0.2, 0) is 0 Å². The lowest BCUT2D eigenvalue weighted by molar-refractivity contribution is 0.611. The van der Waals surface area contributed by atoms with E-state index in [0.717, 1.165) is 0 Å². The van der Waals surface area contributed by atoms with Crippen LogP contribution < -0.4 is 0 Å². The Morgan fingerprint density at radius 3 is 2.40 bits per heavy atom. The summed E-state index contributed by atoms with van der Waals surface area (Å²) in [5.74, 6) is 0. The average molecular weight is 264 g/mol. The van der Waals surface area contributed by atoms with Gasteiger partial charge in [-0.25, -0.2) is 4.68 Å². The van der Waals surface area contributed by atoms with Gasteiger partial charge in [0.1, 0.15) is 0 Å².